The first-order valence-corrected chi connectivity index (χ1v) is 8.67. The predicted molar refractivity (Wildman–Crippen MR) is 98.7 cm³/mol. The summed E-state index contributed by atoms with van der Waals surface area (Å²) in [5.41, 5.74) is 6.79. The van der Waals surface area contributed by atoms with Crippen molar-refractivity contribution in [2.75, 3.05) is 16.4 Å². The molecule has 1 aromatic carbocycles. The van der Waals surface area contributed by atoms with Crippen LogP contribution in [0.5, 0.6) is 0 Å². The second kappa shape index (κ2) is 6.82. The minimum Gasteiger partial charge on any atom is -0.368 e. The van der Waals surface area contributed by atoms with Crippen LogP contribution in [-0.4, -0.2) is 20.2 Å². The Bertz CT molecular complexity index is 948. The number of H-pyrrole nitrogens is 1. The third-order valence-electron chi connectivity index (χ3n) is 4.41. The maximum absolute atomic E-state index is 14.0. The first kappa shape index (κ1) is 17.2. The summed E-state index contributed by atoms with van der Waals surface area (Å²) in [5, 5.41) is 13.2. The van der Waals surface area contributed by atoms with Crippen LogP contribution in [0.4, 0.5) is 32.2 Å². The standard InChI is InChI=1S/C18H19F2N7/c1-9(17-11(19)3-2-4-12(17)20)22-14-8-15(25-18(21)24-14)23-16-7-13(26-27-16)10-5-6-10/h2-4,7-10H,5-6H2,1H3,(H5,21,22,23,24,25,26,27). The zero-order chi connectivity index (χ0) is 19.0. The van der Waals surface area contributed by atoms with Crippen molar-refractivity contribution in [2.45, 2.75) is 31.7 Å². The van der Waals surface area contributed by atoms with E-state index in [1.807, 2.05) is 6.07 Å². The Labute approximate surface area is 154 Å². The number of nitrogens with two attached hydrogens (primary N) is 1. The Balaban J connectivity index is 1.53. The van der Waals surface area contributed by atoms with Gasteiger partial charge in [-0.2, -0.15) is 15.1 Å². The quantitative estimate of drug-likeness (QED) is 0.525. The van der Waals surface area contributed by atoms with Gasteiger partial charge in [0.05, 0.1) is 6.04 Å². The molecule has 1 atom stereocenters. The van der Waals surface area contributed by atoms with E-state index in [1.54, 1.807) is 13.0 Å². The highest BCUT2D eigenvalue weighted by atomic mass is 19.1. The van der Waals surface area contributed by atoms with Crippen LogP contribution in [0, 0.1) is 11.6 Å². The largest absolute Gasteiger partial charge is 0.368 e. The molecule has 1 aliphatic rings. The van der Waals surface area contributed by atoms with E-state index in [4.69, 9.17) is 5.73 Å². The van der Waals surface area contributed by atoms with E-state index in [0.29, 0.717) is 23.4 Å². The van der Waals surface area contributed by atoms with Crippen LogP contribution in [0.25, 0.3) is 0 Å². The fraction of sp³-hybridized carbons (Fsp3) is 0.278. The Kier molecular flexibility index (Phi) is 4.35. The van der Waals surface area contributed by atoms with Crippen molar-refractivity contribution < 1.29 is 8.78 Å². The molecule has 2 heterocycles. The van der Waals surface area contributed by atoms with E-state index in [-0.39, 0.29) is 11.5 Å². The van der Waals surface area contributed by atoms with Gasteiger partial charge in [0.2, 0.25) is 5.95 Å². The van der Waals surface area contributed by atoms with Gasteiger partial charge in [0.15, 0.2) is 5.82 Å². The number of anilines is 4. The van der Waals surface area contributed by atoms with Gasteiger partial charge in [-0.3, -0.25) is 5.10 Å². The Hall–Kier alpha value is -3.23. The Morgan fingerprint density at radius 3 is 2.52 bits per heavy atom. The molecular weight excluding hydrogens is 352 g/mol. The first-order chi connectivity index (χ1) is 13.0. The molecule has 5 N–H and O–H groups in total. The maximum atomic E-state index is 14.0. The summed E-state index contributed by atoms with van der Waals surface area (Å²) in [6.45, 7) is 1.64. The number of hydrogen-bond donors (Lipinski definition) is 4. The van der Waals surface area contributed by atoms with Gasteiger partial charge in [-0.25, -0.2) is 8.78 Å². The summed E-state index contributed by atoms with van der Waals surface area (Å²) in [4.78, 5) is 8.21. The molecule has 1 fully saturated rings. The summed E-state index contributed by atoms with van der Waals surface area (Å²) in [6.07, 6.45) is 2.33. The van der Waals surface area contributed by atoms with Gasteiger partial charge in [0.1, 0.15) is 23.3 Å². The Morgan fingerprint density at radius 2 is 1.81 bits per heavy atom. The fourth-order valence-electron chi connectivity index (χ4n) is 2.96. The average Bonchev–Trinajstić information content (AvgIpc) is 3.34. The molecule has 3 aromatic rings. The lowest BCUT2D eigenvalue weighted by atomic mass is 10.1. The smallest absolute Gasteiger partial charge is 0.223 e. The van der Waals surface area contributed by atoms with Gasteiger partial charge in [-0.15, -0.1) is 0 Å². The molecule has 140 valence electrons. The molecule has 27 heavy (non-hydrogen) atoms. The monoisotopic (exact) mass is 371 g/mol. The van der Waals surface area contributed by atoms with E-state index < -0.39 is 17.7 Å². The Morgan fingerprint density at radius 1 is 1.11 bits per heavy atom. The second-order valence-electron chi connectivity index (χ2n) is 6.61. The molecule has 0 saturated heterocycles. The molecule has 0 spiro atoms. The van der Waals surface area contributed by atoms with Crippen molar-refractivity contribution in [1.29, 1.82) is 0 Å². The van der Waals surface area contributed by atoms with Gasteiger partial charge >= 0.3 is 0 Å². The predicted octanol–water partition coefficient (Wildman–Crippen LogP) is 3.85. The molecule has 0 radical (unpaired) electrons. The van der Waals surface area contributed by atoms with Gasteiger partial charge in [-0.1, -0.05) is 6.07 Å². The van der Waals surface area contributed by atoms with E-state index in [2.05, 4.69) is 30.8 Å². The van der Waals surface area contributed by atoms with Gasteiger partial charge in [0, 0.05) is 29.3 Å². The third kappa shape index (κ3) is 3.81. The summed E-state index contributed by atoms with van der Waals surface area (Å²) in [7, 11) is 0. The number of halogens is 2. The second-order valence-corrected chi connectivity index (χ2v) is 6.61. The molecule has 4 rings (SSSR count). The fourth-order valence-corrected chi connectivity index (χ4v) is 2.96. The van der Waals surface area contributed by atoms with Crippen LogP contribution in [0.1, 0.15) is 43.0 Å². The van der Waals surface area contributed by atoms with Gasteiger partial charge in [-0.05, 0) is 31.9 Å². The number of aromatic nitrogens is 4. The average molecular weight is 371 g/mol. The van der Waals surface area contributed by atoms with Gasteiger partial charge < -0.3 is 16.4 Å². The van der Waals surface area contributed by atoms with Crippen molar-refractivity contribution in [2.24, 2.45) is 0 Å². The molecule has 9 heteroatoms. The zero-order valence-corrected chi connectivity index (χ0v) is 14.6. The molecule has 1 unspecified atom stereocenters. The third-order valence-corrected chi connectivity index (χ3v) is 4.41. The van der Waals surface area contributed by atoms with Crippen molar-refractivity contribution in [3.8, 4) is 0 Å². The van der Waals surface area contributed by atoms with Crippen molar-refractivity contribution >= 4 is 23.4 Å². The summed E-state index contributed by atoms with van der Waals surface area (Å²) in [6, 6.07) is 6.64. The highest BCUT2D eigenvalue weighted by molar-refractivity contribution is 5.59. The molecule has 7 nitrogen and oxygen atoms in total. The van der Waals surface area contributed by atoms with Crippen molar-refractivity contribution in [3.05, 3.63) is 53.2 Å². The van der Waals surface area contributed by atoms with Crippen LogP contribution in [0.3, 0.4) is 0 Å². The van der Waals surface area contributed by atoms with Crippen LogP contribution in [0.15, 0.2) is 30.3 Å². The number of nitrogens with zero attached hydrogens (tertiary/aromatic N) is 3. The normalized spacial score (nSPS) is 14.8. The summed E-state index contributed by atoms with van der Waals surface area (Å²) < 4.78 is 27.9. The highest BCUT2D eigenvalue weighted by Gasteiger charge is 2.25. The van der Waals surface area contributed by atoms with Crippen molar-refractivity contribution in [1.82, 2.24) is 20.2 Å². The maximum Gasteiger partial charge on any atom is 0.223 e. The topological polar surface area (TPSA) is 105 Å². The molecule has 0 bridgehead atoms. The van der Waals surface area contributed by atoms with E-state index >= 15 is 0 Å². The van der Waals surface area contributed by atoms with E-state index in [1.165, 1.54) is 31.0 Å². The summed E-state index contributed by atoms with van der Waals surface area (Å²) in [5.74, 6) is 0.727. The molecule has 1 aliphatic carbocycles. The molecule has 1 saturated carbocycles. The molecular formula is C18H19F2N7. The van der Waals surface area contributed by atoms with Crippen LogP contribution in [0.2, 0.25) is 0 Å². The van der Waals surface area contributed by atoms with Crippen LogP contribution in [-0.2, 0) is 0 Å². The van der Waals surface area contributed by atoms with Crippen LogP contribution >= 0.6 is 0 Å². The summed E-state index contributed by atoms with van der Waals surface area (Å²) >= 11 is 0. The molecule has 2 aromatic heterocycles. The minimum absolute atomic E-state index is 0.0293. The number of nitrogen functional groups attached to an aromatic ring is 1. The zero-order valence-electron chi connectivity index (χ0n) is 14.6. The highest BCUT2D eigenvalue weighted by Crippen LogP contribution is 2.39. The van der Waals surface area contributed by atoms with Crippen LogP contribution < -0.4 is 16.4 Å². The number of rotatable bonds is 6. The van der Waals surface area contributed by atoms with Crippen molar-refractivity contribution in [3.63, 3.8) is 0 Å². The number of benzene rings is 1. The minimum atomic E-state index is -0.653. The van der Waals surface area contributed by atoms with E-state index in [0.717, 1.165) is 5.69 Å². The van der Waals surface area contributed by atoms with E-state index in [9.17, 15) is 8.78 Å². The number of nitrogens with one attached hydrogen (secondary N) is 3. The number of hydrogen-bond acceptors (Lipinski definition) is 6. The molecule has 0 amide bonds. The lowest BCUT2D eigenvalue weighted by Gasteiger charge is -2.17. The SMILES string of the molecule is CC(Nc1cc(Nc2cc(C3CC3)[nH]n2)nc(N)n1)c1c(F)cccc1F. The lowest BCUT2D eigenvalue weighted by molar-refractivity contribution is 0.544. The lowest BCUT2D eigenvalue weighted by Crippen LogP contribution is -2.13. The first-order valence-electron chi connectivity index (χ1n) is 8.67. The van der Waals surface area contributed by atoms with Gasteiger partial charge in [0.25, 0.3) is 0 Å². The molecule has 0 aliphatic heterocycles. The number of aromatic amines is 1.